The van der Waals surface area contributed by atoms with E-state index in [0.717, 1.165) is 28.2 Å². The molecule has 6 aromatic rings. The summed E-state index contributed by atoms with van der Waals surface area (Å²) in [6, 6.07) is 49.8. The molecule has 6 rings (SSSR count). The minimum absolute atomic E-state index is 0.473. The first-order chi connectivity index (χ1) is 18.7. The van der Waals surface area contributed by atoms with Gasteiger partial charge in [-0.25, -0.2) is 0 Å². The van der Waals surface area contributed by atoms with E-state index < -0.39 is 7.12 Å². The van der Waals surface area contributed by atoms with Crippen molar-refractivity contribution in [2.24, 2.45) is 0 Å². The van der Waals surface area contributed by atoms with E-state index >= 15 is 0 Å². The number of hydrogen-bond donors (Lipinski definition) is 2. The lowest BCUT2D eigenvalue weighted by Gasteiger charge is -2.27. The molecule has 0 spiro atoms. The molecule has 4 heteroatoms. The summed E-state index contributed by atoms with van der Waals surface area (Å²) < 4.78 is 0. The number of anilines is 3. The molecule has 3 nitrogen and oxygen atoms in total. The Balaban J connectivity index is 1.48. The van der Waals surface area contributed by atoms with Crippen LogP contribution < -0.4 is 10.4 Å². The first kappa shape index (κ1) is 23.7. The standard InChI is InChI=1S/C34H26BNO2/c37-35(38)30-20-16-27(17-21-30)29-12-6-13-32(24-29)36(34-15-7-11-28-10-4-5-14-33(28)34)31-22-18-26(19-23-31)25-8-2-1-3-9-25/h1-24,37-38H. The van der Waals surface area contributed by atoms with Gasteiger partial charge in [-0.1, -0.05) is 115 Å². The Labute approximate surface area is 223 Å². The summed E-state index contributed by atoms with van der Waals surface area (Å²) in [4.78, 5) is 2.30. The Morgan fingerprint density at radius 1 is 0.447 bits per heavy atom. The summed E-state index contributed by atoms with van der Waals surface area (Å²) in [5, 5.41) is 21.3. The van der Waals surface area contributed by atoms with Gasteiger partial charge in [0.2, 0.25) is 0 Å². The highest BCUT2D eigenvalue weighted by molar-refractivity contribution is 6.58. The summed E-state index contributed by atoms with van der Waals surface area (Å²) in [5.74, 6) is 0. The van der Waals surface area contributed by atoms with E-state index in [1.54, 1.807) is 12.1 Å². The van der Waals surface area contributed by atoms with Gasteiger partial charge in [0, 0.05) is 16.8 Å². The predicted octanol–water partition coefficient (Wildman–Crippen LogP) is 7.32. The maximum atomic E-state index is 9.48. The molecule has 182 valence electrons. The van der Waals surface area contributed by atoms with Crippen molar-refractivity contribution >= 4 is 40.4 Å². The minimum atomic E-state index is -1.48. The van der Waals surface area contributed by atoms with Crippen LogP contribution in [0.15, 0.2) is 146 Å². The average Bonchev–Trinajstić information content (AvgIpc) is 2.98. The fraction of sp³-hybridized carbons (Fsp3) is 0. The van der Waals surface area contributed by atoms with Crippen LogP contribution in [-0.2, 0) is 0 Å². The van der Waals surface area contributed by atoms with Crippen molar-refractivity contribution in [3.63, 3.8) is 0 Å². The number of fused-ring (bicyclic) bond motifs is 1. The molecule has 6 aromatic carbocycles. The van der Waals surface area contributed by atoms with E-state index in [1.165, 1.54) is 21.9 Å². The zero-order chi connectivity index (χ0) is 25.9. The summed E-state index contributed by atoms with van der Waals surface area (Å²) in [5.41, 5.74) is 8.10. The Hall–Kier alpha value is -4.64. The minimum Gasteiger partial charge on any atom is -0.423 e. The van der Waals surface area contributed by atoms with Crippen LogP contribution in [0.2, 0.25) is 0 Å². The lowest BCUT2D eigenvalue weighted by atomic mass is 9.80. The van der Waals surface area contributed by atoms with Crippen LogP contribution in [-0.4, -0.2) is 17.2 Å². The van der Waals surface area contributed by atoms with Crippen molar-refractivity contribution in [3.8, 4) is 22.3 Å². The summed E-state index contributed by atoms with van der Waals surface area (Å²) in [7, 11) is -1.48. The van der Waals surface area contributed by atoms with Gasteiger partial charge in [-0.05, 0) is 63.4 Å². The van der Waals surface area contributed by atoms with Gasteiger partial charge >= 0.3 is 7.12 Å². The molecule has 0 saturated heterocycles. The highest BCUT2D eigenvalue weighted by Gasteiger charge is 2.16. The molecule has 0 heterocycles. The quantitative estimate of drug-likeness (QED) is 0.240. The van der Waals surface area contributed by atoms with Gasteiger partial charge in [0.1, 0.15) is 0 Å². The van der Waals surface area contributed by atoms with Crippen molar-refractivity contribution in [1.82, 2.24) is 0 Å². The van der Waals surface area contributed by atoms with Gasteiger partial charge in [-0.15, -0.1) is 0 Å². The fourth-order valence-corrected chi connectivity index (χ4v) is 4.94. The predicted molar refractivity (Wildman–Crippen MR) is 159 cm³/mol. The molecular weight excluding hydrogens is 465 g/mol. The van der Waals surface area contributed by atoms with Crippen LogP contribution in [0.4, 0.5) is 17.1 Å². The largest absolute Gasteiger partial charge is 0.488 e. The Kier molecular flexibility index (Phi) is 6.49. The SMILES string of the molecule is OB(O)c1ccc(-c2cccc(N(c3ccc(-c4ccccc4)cc3)c3cccc4ccccc34)c2)cc1. The van der Waals surface area contributed by atoms with Crippen LogP contribution in [0.5, 0.6) is 0 Å². The third kappa shape index (κ3) is 4.71. The Morgan fingerprint density at radius 3 is 1.79 bits per heavy atom. The number of benzene rings is 6. The highest BCUT2D eigenvalue weighted by Crippen LogP contribution is 2.40. The molecule has 0 aliphatic heterocycles. The normalized spacial score (nSPS) is 10.9. The van der Waals surface area contributed by atoms with Gasteiger partial charge < -0.3 is 14.9 Å². The topological polar surface area (TPSA) is 43.7 Å². The second-order valence-electron chi connectivity index (χ2n) is 9.29. The van der Waals surface area contributed by atoms with Gasteiger partial charge in [-0.2, -0.15) is 0 Å². The first-order valence-corrected chi connectivity index (χ1v) is 12.7. The first-order valence-electron chi connectivity index (χ1n) is 12.7. The maximum absolute atomic E-state index is 9.48. The number of rotatable bonds is 6. The molecule has 38 heavy (non-hydrogen) atoms. The van der Waals surface area contributed by atoms with E-state index in [4.69, 9.17) is 0 Å². The molecule has 0 unspecified atom stereocenters. The molecule has 0 saturated carbocycles. The smallest absolute Gasteiger partial charge is 0.423 e. The van der Waals surface area contributed by atoms with Crippen LogP contribution in [0.1, 0.15) is 0 Å². The summed E-state index contributed by atoms with van der Waals surface area (Å²) in [6.07, 6.45) is 0. The zero-order valence-electron chi connectivity index (χ0n) is 20.8. The zero-order valence-corrected chi connectivity index (χ0v) is 20.8. The number of nitrogens with zero attached hydrogens (tertiary/aromatic N) is 1. The third-order valence-electron chi connectivity index (χ3n) is 6.89. The number of hydrogen-bond acceptors (Lipinski definition) is 3. The van der Waals surface area contributed by atoms with Crippen LogP contribution in [0.3, 0.4) is 0 Å². The lowest BCUT2D eigenvalue weighted by Crippen LogP contribution is -2.29. The molecule has 0 fully saturated rings. The van der Waals surface area contributed by atoms with Gasteiger partial charge in [0.25, 0.3) is 0 Å². The second-order valence-corrected chi connectivity index (χ2v) is 9.29. The molecular formula is C34H26BNO2. The molecule has 0 amide bonds. The van der Waals surface area contributed by atoms with Crippen molar-refractivity contribution in [3.05, 3.63) is 146 Å². The maximum Gasteiger partial charge on any atom is 0.488 e. The van der Waals surface area contributed by atoms with Gasteiger partial charge in [-0.3, -0.25) is 0 Å². The van der Waals surface area contributed by atoms with Crippen LogP contribution in [0, 0.1) is 0 Å². The second kappa shape index (κ2) is 10.4. The van der Waals surface area contributed by atoms with E-state index in [0.29, 0.717) is 5.46 Å². The average molecular weight is 491 g/mol. The molecule has 0 bridgehead atoms. The van der Waals surface area contributed by atoms with Crippen molar-refractivity contribution in [1.29, 1.82) is 0 Å². The molecule has 0 aliphatic rings. The fourth-order valence-electron chi connectivity index (χ4n) is 4.94. The van der Waals surface area contributed by atoms with Crippen molar-refractivity contribution in [2.45, 2.75) is 0 Å². The Morgan fingerprint density at radius 2 is 1.03 bits per heavy atom. The molecule has 2 N–H and O–H groups in total. The van der Waals surface area contributed by atoms with E-state index in [-0.39, 0.29) is 0 Å². The van der Waals surface area contributed by atoms with Crippen LogP contribution >= 0.6 is 0 Å². The Bertz CT molecular complexity index is 1680. The van der Waals surface area contributed by atoms with E-state index in [9.17, 15) is 10.0 Å². The van der Waals surface area contributed by atoms with Crippen LogP contribution in [0.25, 0.3) is 33.0 Å². The van der Waals surface area contributed by atoms with Crippen molar-refractivity contribution in [2.75, 3.05) is 4.90 Å². The molecule has 0 aliphatic carbocycles. The molecule has 0 atom stereocenters. The van der Waals surface area contributed by atoms with Crippen molar-refractivity contribution < 1.29 is 10.0 Å². The summed E-state index contributed by atoms with van der Waals surface area (Å²) >= 11 is 0. The molecule has 0 radical (unpaired) electrons. The monoisotopic (exact) mass is 491 g/mol. The van der Waals surface area contributed by atoms with Gasteiger partial charge in [0.05, 0.1) is 5.69 Å². The third-order valence-corrected chi connectivity index (χ3v) is 6.89. The van der Waals surface area contributed by atoms with E-state index in [2.05, 4.69) is 120 Å². The highest BCUT2D eigenvalue weighted by atomic mass is 16.4. The van der Waals surface area contributed by atoms with Gasteiger partial charge in [0.15, 0.2) is 0 Å². The van der Waals surface area contributed by atoms with E-state index in [1.807, 2.05) is 18.2 Å². The lowest BCUT2D eigenvalue weighted by molar-refractivity contribution is 0.426. The summed E-state index contributed by atoms with van der Waals surface area (Å²) in [6.45, 7) is 0. The molecule has 0 aromatic heterocycles.